The van der Waals surface area contributed by atoms with Crippen LogP contribution in [0.2, 0.25) is 0 Å². The van der Waals surface area contributed by atoms with Crippen molar-refractivity contribution in [1.29, 1.82) is 0 Å². The second-order valence-corrected chi connectivity index (χ2v) is 4.84. The molecule has 2 aromatic carbocycles. The quantitative estimate of drug-likeness (QED) is 0.373. The van der Waals surface area contributed by atoms with Crippen LogP contribution < -0.4 is 4.90 Å². The van der Waals surface area contributed by atoms with E-state index < -0.39 is 29.3 Å². The molecule has 1 atom stereocenters. The number of ketones is 2. The summed E-state index contributed by atoms with van der Waals surface area (Å²) in [5.74, 6) is -4.99. The van der Waals surface area contributed by atoms with Crippen molar-refractivity contribution in [1.82, 2.24) is 0 Å². The molecule has 2 aromatic rings. The number of hydrogen-bond acceptors (Lipinski definition) is 4. The van der Waals surface area contributed by atoms with Crippen LogP contribution in [0.4, 0.5) is 5.69 Å². The molecule has 5 nitrogen and oxygen atoms in total. The van der Waals surface area contributed by atoms with Crippen LogP contribution >= 0.6 is 0 Å². The lowest BCUT2D eigenvalue weighted by molar-refractivity contribution is -0.135. The van der Waals surface area contributed by atoms with Gasteiger partial charge in [-0.1, -0.05) is 48.5 Å². The molecule has 5 heteroatoms. The molecule has 0 spiro atoms. The van der Waals surface area contributed by atoms with E-state index in [0.717, 1.165) is 4.90 Å². The molecule has 0 aliphatic carbocycles. The van der Waals surface area contributed by atoms with Gasteiger partial charge in [-0.25, -0.2) is 4.90 Å². The van der Waals surface area contributed by atoms with Crippen LogP contribution in [0.1, 0.15) is 10.4 Å². The molecule has 108 valence electrons. The third-order valence-corrected chi connectivity index (χ3v) is 3.48. The lowest BCUT2D eigenvalue weighted by atomic mass is 9.95. The van der Waals surface area contributed by atoms with E-state index in [-0.39, 0.29) is 11.3 Å². The van der Waals surface area contributed by atoms with Crippen molar-refractivity contribution in [2.24, 2.45) is 5.92 Å². The molecule has 3 rings (SSSR count). The zero-order chi connectivity index (χ0) is 15.7. The number of anilines is 1. The average Bonchev–Trinajstić information content (AvgIpc) is 2.78. The first-order valence-corrected chi connectivity index (χ1v) is 6.67. The van der Waals surface area contributed by atoms with Gasteiger partial charge in [-0.3, -0.25) is 19.2 Å². The molecule has 1 aliphatic heterocycles. The third-order valence-electron chi connectivity index (χ3n) is 3.48. The van der Waals surface area contributed by atoms with Crippen LogP contribution in [0.25, 0.3) is 0 Å². The van der Waals surface area contributed by atoms with Gasteiger partial charge < -0.3 is 0 Å². The van der Waals surface area contributed by atoms with Gasteiger partial charge in [0.15, 0.2) is 11.7 Å². The van der Waals surface area contributed by atoms with Gasteiger partial charge in [0, 0.05) is 5.56 Å². The predicted molar refractivity (Wildman–Crippen MR) is 78.2 cm³/mol. The van der Waals surface area contributed by atoms with Gasteiger partial charge >= 0.3 is 5.91 Å². The Bertz CT molecular complexity index is 768. The van der Waals surface area contributed by atoms with E-state index in [4.69, 9.17) is 0 Å². The number of Topliss-reactive ketones (excluding diaryl/α,β-unsaturated/α-hetero) is 2. The second kappa shape index (κ2) is 5.37. The fraction of sp³-hybridized carbons (Fsp3) is 0.0588. The summed E-state index contributed by atoms with van der Waals surface area (Å²) in [6.07, 6.45) is 0. The molecule has 1 heterocycles. The summed E-state index contributed by atoms with van der Waals surface area (Å²) < 4.78 is 0. The first-order chi connectivity index (χ1) is 10.6. The maximum Gasteiger partial charge on any atom is 0.302 e. The van der Waals surface area contributed by atoms with Crippen LogP contribution in [-0.2, 0) is 14.4 Å². The van der Waals surface area contributed by atoms with Gasteiger partial charge in [0.2, 0.25) is 5.78 Å². The summed E-state index contributed by atoms with van der Waals surface area (Å²) in [6.45, 7) is 0. The SMILES string of the molecule is O=C1C(=O)N(c2ccccc2)C(=O)C1C(=O)c1ccccc1. The lowest BCUT2D eigenvalue weighted by Gasteiger charge is -2.13. The minimum absolute atomic E-state index is 0.233. The van der Waals surface area contributed by atoms with Gasteiger partial charge in [-0.05, 0) is 12.1 Å². The van der Waals surface area contributed by atoms with Gasteiger partial charge in [0.05, 0.1) is 5.69 Å². The highest BCUT2D eigenvalue weighted by atomic mass is 16.2. The molecule has 0 aromatic heterocycles. The summed E-state index contributed by atoms with van der Waals surface area (Å²) >= 11 is 0. The summed E-state index contributed by atoms with van der Waals surface area (Å²) in [5, 5.41) is 0. The topological polar surface area (TPSA) is 71.5 Å². The molecular formula is C17H11NO4. The number of para-hydroxylation sites is 1. The molecule has 2 amide bonds. The number of imide groups is 1. The number of carbonyl (C=O) groups is 4. The Morgan fingerprint density at radius 3 is 1.95 bits per heavy atom. The van der Waals surface area contributed by atoms with E-state index in [1.165, 1.54) is 12.1 Å². The van der Waals surface area contributed by atoms with Gasteiger partial charge in [-0.15, -0.1) is 0 Å². The summed E-state index contributed by atoms with van der Waals surface area (Å²) in [4.78, 5) is 49.7. The number of nitrogens with zero attached hydrogens (tertiary/aromatic N) is 1. The molecule has 1 saturated heterocycles. The van der Waals surface area contributed by atoms with Crippen molar-refractivity contribution in [3.63, 3.8) is 0 Å². The maximum absolute atomic E-state index is 12.4. The fourth-order valence-electron chi connectivity index (χ4n) is 2.40. The van der Waals surface area contributed by atoms with Crippen LogP contribution in [0, 0.1) is 5.92 Å². The van der Waals surface area contributed by atoms with Crippen LogP contribution in [0.3, 0.4) is 0 Å². The monoisotopic (exact) mass is 293 g/mol. The first kappa shape index (κ1) is 13.9. The Morgan fingerprint density at radius 2 is 1.36 bits per heavy atom. The predicted octanol–water partition coefficient (Wildman–Crippen LogP) is 1.63. The Kier molecular flexibility index (Phi) is 3.39. The van der Waals surface area contributed by atoms with Crippen molar-refractivity contribution in [3.8, 4) is 0 Å². The highest BCUT2D eigenvalue weighted by Gasteiger charge is 2.51. The molecule has 1 unspecified atom stereocenters. The number of benzene rings is 2. The molecule has 1 aliphatic rings. The number of amides is 2. The van der Waals surface area contributed by atoms with E-state index >= 15 is 0 Å². The molecule has 1 fully saturated rings. The highest BCUT2D eigenvalue weighted by molar-refractivity contribution is 6.60. The van der Waals surface area contributed by atoms with Crippen LogP contribution in [0.15, 0.2) is 60.7 Å². The van der Waals surface area contributed by atoms with E-state index in [0.29, 0.717) is 0 Å². The van der Waals surface area contributed by atoms with Crippen molar-refractivity contribution in [2.45, 2.75) is 0 Å². The Hall–Kier alpha value is -3.08. The van der Waals surface area contributed by atoms with Crippen LogP contribution in [-0.4, -0.2) is 23.4 Å². The zero-order valence-electron chi connectivity index (χ0n) is 11.4. The maximum atomic E-state index is 12.4. The van der Waals surface area contributed by atoms with Gasteiger partial charge in [-0.2, -0.15) is 0 Å². The fourth-order valence-corrected chi connectivity index (χ4v) is 2.40. The molecule has 22 heavy (non-hydrogen) atoms. The third kappa shape index (κ3) is 2.13. The number of rotatable bonds is 3. The number of carbonyl (C=O) groups excluding carboxylic acids is 4. The van der Waals surface area contributed by atoms with Crippen LogP contribution in [0.5, 0.6) is 0 Å². The highest BCUT2D eigenvalue weighted by Crippen LogP contribution is 2.26. The summed E-state index contributed by atoms with van der Waals surface area (Å²) in [6, 6.07) is 16.1. The Labute approximate surface area is 126 Å². The van der Waals surface area contributed by atoms with E-state index in [2.05, 4.69) is 0 Å². The van der Waals surface area contributed by atoms with E-state index in [1.807, 2.05) is 0 Å². The standard InChI is InChI=1S/C17H11NO4/c19-14(11-7-3-1-4-8-11)13-15(20)17(22)18(16(13)21)12-9-5-2-6-10-12/h1-10,13H. The van der Waals surface area contributed by atoms with Crippen molar-refractivity contribution in [3.05, 3.63) is 66.2 Å². The van der Waals surface area contributed by atoms with E-state index in [9.17, 15) is 19.2 Å². The van der Waals surface area contributed by atoms with Crippen molar-refractivity contribution in [2.75, 3.05) is 4.90 Å². The van der Waals surface area contributed by atoms with E-state index in [1.54, 1.807) is 48.5 Å². The Balaban J connectivity index is 1.98. The summed E-state index contributed by atoms with van der Waals surface area (Å²) in [5.41, 5.74) is 0.520. The van der Waals surface area contributed by atoms with Gasteiger partial charge in [0.1, 0.15) is 0 Å². The molecule has 0 N–H and O–H groups in total. The number of hydrogen-bond donors (Lipinski definition) is 0. The molecular weight excluding hydrogens is 282 g/mol. The largest absolute Gasteiger partial charge is 0.302 e. The smallest absolute Gasteiger partial charge is 0.293 e. The summed E-state index contributed by atoms with van der Waals surface area (Å²) in [7, 11) is 0. The average molecular weight is 293 g/mol. The second-order valence-electron chi connectivity index (χ2n) is 4.84. The minimum Gasteiger partial charge on any atom is -0.293 e. The molecule has 0 bridgehead atoms. The van der Waals surface area contributed by atoms with Crippen molar-refractivity contribution < 1.29 is 19.2 Å². The minimum atomic E-state index is -1.59. The molecule has 0 radical (unpaired) electrons. The normalized spacial score (nSPS) is 17.9. The van der Waals surface area contributed by atoms with Gasteiger partial charge in [0.25, 0.3) is 5.91 Å². The zero-order valence-corrected chi connectivity index (χ0v) is 11.4. The Morgan fingerprint density at radius 1 is 0.818 bits per heavy atom. The first-order valence-electron chi connectivity index (χ1n) is 6.67. The molecule has 0 saturated carbocycles. The lowest BCUT2D eigenvalue weighted by Crippen LogP contribution is -2.32. The van der Waals surface area contributed by atoms with Crippen molar-refractivity contribution >= 4 is 29.1 Å².